The largest absolute Gasteiger partial charge is 0.459 e. The van der Waals surface area contributed by atoms with Gasteiger partial charge in [0.15, 0.2) is 5.82 Å². The number of nitrogens with one attached hydrogen (secondary N) is 1. The molecule has 12 nitrogen and oxygen atoms in total. The molecule has 1 unspecified atom stereocenters. The SMILES string of the molecule is CC(C)n1oc(=O)nc1C1(C[C@@H](C)NCC(=O)N2CCCC2C#N)c2ccc(C(=O)N(C)C)cc2CCc2cc(C(=O)N(C)C)ccc21. The fraction of sp³-hybridized carbons (Fsp3) is 0.500. The van der Waals surface area contributed by atoms with Gasteiger partial charge in [-0.25, -0.2) is 4.79 Å². The van der Waals surface area contributed by atoms with Gasteiger partial charge in [0.25, 0.3) is 11.8 Å². The van der Waals surface area contributed by atoms with Crippen molar-refractivity contribution in [2.75, 3.05) is 41.3 Å². The average molecular weight is 656 g/mol. The van der Waals surface area contributed by atoms with Gasteiger partial charge in [0.1, 0.15) is 6.04 Å². The first kappa shape index (κ1) is 34.6. The van der Waals surface area contributed by atoms with Crippen molar-refractivity contribution >= 4 is 17.7 Å². The second kappa shape index (κ2) is 13.8. The number of hydrogen-bond acceptors (Lipinski definition) is 8. The Morgan fingerprint density at radius 1 is 1.00 bits per heavy atom. The number of benzene rings is 2. The minimum atomic E-state index is -1.07. The number of aromatic nitrogens is 2. The van der Waals surface area contributed by atoms with E-state index in [-0.39, 0.29) is 36.3 Å². The monoisotopic (exact) mass is 655 g/mol. The van der Waals surface area contributed by atoms with Crippen LogP contribution in [-0.2, 0) is 23.1 Å². The third kappa shape index (κ3) is 6.39. The number of carbonyl (C=O) groups excluding carboxylic acids is 3. The Hall–Kier alpha value is -4.76. The molecule has 1 aromatic heterocycles. The summed E-state index contributed by atoms with van der Waals surface area (Å²) in [7, 11) is 6.85. The van der Waals surface area contributed by atoms with E-state index in [1.807, 2.05) is 45.0 Å². The summed E-state index contributed by atoms with van der Waals surface area (Å²) in [5.41, 5.74) is 3.58. The van der Waals surface area contributed by atoms with Gasteiger partial charge in [-0.3, -0.25) is 14.4 Å². The normalized spacial score (nSPS) is 17.2. The number of nitrogens with zero attached hydrogens (tertiary/aromatic N) is 6. The van der Waals surface area contributed by atoms with Crippen molar-refractivity contribution in [1.29, 1.82) is 5.26 Å². The smallest absolute Gasteiger partial charge is 0.345 e. The van der Waals surface area contributed by atoms with Crippen LogP contribution >= 0.6 is 0 Å². The van der Waals surface area contributed by atoms with E-state index in [4.69, 9.17) is 4.52 Å². The fourth-order valence-corrected chi connectivity index (χ4v) is 7.19. The van der Waals surface area contributed by atoms with Gasteiger partial charge < -0.3 is 24.5 Å². The van der Waals surface area contributed by atoms with Gasteiger partial charge >= 0.3 is 5.76 Å². The summed E-state index contributed by atoms with van der Waals surface area (Å²) >= 11 is 0. The number of likely N-dealkylation sites (tertiary alicyclic amines) is 1. The highest BCUT2D eigenvalue weighted by atomic mass is 16.5. The van der Waals surface area contributed by atoms with E-state index in [2.05, 4.69) is 16.4 Å². The van der Waals surface area contributed by atoms with Gasteiger partial charge in [-0.15, -0.1) is 0 Å². The van der Waals surface area contributed by atoms with Crippen LogP contribution in [0.1, 0.15) is 94.9 Å². The van der Waals surface area contributed by atoms with Gasteiger partial charge in [-0.2, -0.15) is 15.0 Å². The first-order valence-electron chi connectivity index (χ1n) is 16.5. The molecule has 3 aromatic rings. The lowest BCUT2D eigenvalue weighted by Crippen LogP contribution is -2.46. The van der Waals surface area contributed by atoms with Crippen molar-refractivity contribution in [3.8, 4) is 6.07 Å². The molecule has 5 rings (SSSR count). The number of fused-ring (bicyclic) bond motifs is 2. The van der Waals surface area contributed by atoms with Gasteiger partial charge in [-0.05, 0) is 99.4 Å². The Labute approximate surface area is 281 Å². The molecule has 1 aliphatic carbocycles. The van der Waals surface area contributed by atoms with Crippen LogP contribution in [0.25, 0.3) is 0 Å². The average Bonchev–Trinajstić information content (AvgIpc) is 3.68. The van der Waals surface area contributed by atoms with Crippen LogP contribution in [0.3, 0.4) is 0 Å². The maximum atomic E-state index is 13.2. The van der Waals surface area contributed by atoms with Crippen LogP contribution in [0.4, 0.5) is 0 Å². The number of rotatable bonds is 9. The highest BCUT2D eigenvalue weighted by Crippen LogP contribution is 2.48. The van der Waals surface area contributed by atoms with Crippen molar-refractivity contribution < 1.29 is 18.9 Å². The molecule has 2 aromatic carbocycles. The molecule has 1 saturated heterocycles. The van der Waals surface area contributed by atoms with E-state index < -0.39 is 17.2 Å². The van der Waals surface area contributed by atoms with Crippen molar-refractivity contribution in [2.45, 2.75) is 76.4 Å². The van der Waals surface area contributed by atoms with E-state index >= 15 is 0 Å². The second-order valence-corrected chi connectivity index (χ2v) is 13.6. The quantitative estimate of drug-likeness (QED) is 0.370. The maximum Gasteiger partial charge on any atom is 0.459 e. The zero-order chi connectivity index (χ0) is 34.9. The highest BCUT2D eigenvalue weighted by Gasteiger charge is 2.47. The molecular weight excluding hydrogens is 610 g/mol. The molecule has 2 heterocycles. The Balaban J connectivity index is 1.71. The number of nitriles is 1. The Morgan fingerprint density at radius 2 is 1.56 bits per heavy atom. The van der Waals surface area contributed by atoms with Crippen LogP contribution in [-0.4, -0.2) is 95.5 Å². The number of hydrogen-bond donors (Lipinski definition) is 1. The third-order valence-electron chi connectivity index (χ3n) is 9.47. The molecule has 48 heavy (non-hydrogen) atoms. The van der Waals surface area contributed by atoms with Gasteiger partial charge in [0.2, 0.25) is 5.91 Å². The van der Waals surface area contributed by atoms with Gasteiger partial charge in [0, 0.05) is 51.9 Å². The van der Waals surface area contributed by atoms with Gasteiger partial charge in [-0.1, -0.05) is 12.1 Å². The Morgan fingerprint density at radius 3 is 2.06 bits per heavy atom. The topological polar surface area (TPSA) is 145 Å². The Kier molecular flexibility index (Phi) is 9.91. The molecule has 0 spiro atoms. The van der Waals surface area contributed by atoms with E-state index in [0.29, 0.717) is 49.2 Å². The lowest BCUT2D eigenvalue weighted by molar-refractivity contribution is -0.130. The van der Waals surface area contributed by atoms with Gasteiger partial charge in [0.05, 0.1) is 24.1 Å². The van der Waals surface area contributed by atoms with Crippen molar-refractivity contribution in [1.82, 2.24) is 29.7 Å². The molecule has 0 radical (unpaired) electrons. The van der Waals surface area contributed by atoms with Crippen LogP contribution in [0.2, 0.25) is 0 Å². The summed E-state index contributed by atoms with van der Waals surface area (Å²) < 4.78 is 7.25. The van der Waals surface area contributed by atoms with Crippen molar-refractivity contribution in [2.24, 2.45) is 0 Å². The van der Waals surface area contributed by atoms with Crippen LogP contribution in [0.15, 0.2) is 45.7 Å². The van der Waals surface area contributed by atoms with E-state index in [9.17, 15) is 24.4 Å². The summed E-state index contributed by atoms with van der Waals surface area (Å²) in [5.74, 6) is -0.710. The fourth-order valence-electron chi connectivity index (χ4n) is 7.19. The number of amides is 3. The number of carbonyl (C=O) groups is 3. The summed E-state index contributed by atoms with van der Waals surface area (Å²) in [6.45, 7) is 6.41. The molecule has 3 amide bonds. The molecule has 2 aliphatic rings. The molecule has 254 valence electrons. The van der Waals surface area contributed by atoms with Crippen LogP contribution in [0.5, 0.6) is 0 Å². The molecule has 1 N–H and O–H groups in total. The van der Waals surface area contributed by atoms with Crippen LogP contribution in [0, 0.1) is 11.3 Å². The predicted molar refractivity (Wildman–Crippen MR) is 180 cm³/mol. The molecule has 12 heteroatoms. The highest BCUT2D eigenvalue weighted by molar-refractivity contribution is 5.95. The van der Waals surface area contributed by atoms with Crippen molar-refractivity contribution in [3.63, 3.8) is 0 Å². The minimum absolute atomic E-state index is 0.0392. The third-order valence-corrected chi connectivity index (χ3v) is 9.47. The molecule has 0 bridgehead atoms. The van der Waals surface area contributed by atoms with E-state index in [0.717, 1.165) is 28.7 Å². The predicted octanol–water partition coefficient (Wildman–Crippen LogP) is 3.14. The maximum absolute atomic E-state index is 13.2. The van der Waals surface area contributed by atoms with E-state index in [1.165, 1.54) is 9.80 Å². The molecule has 1 fully saturated rings. The summed E-state index contributed by atoms with van der Waals surface area (Å²) in [6.07, 6.45) is 2.98. The van der Waals surface area contributed by atoms with Crippen LogP contribution < -0.4 is 11.1 Å². The standard InChI is InChI=1S/C36H45N7O5/c1-22(2)43-34(39-35(47)48-43)36(19-23(3)38-21-31(44)42-16-8-9-28(42)20-37)29-14-12-26(32(45)40(4)5)17-24(29)10-11-25-18-27(13-15-30(25)36)33(46)41(6)7/h12-15,17-18,22-23,28,38H,8-11,16,19,21H2,1-7H3/t23-,28?/m1/s1. The zero-order valence-electron chi connectivity index (χ0n) is 28.9. The summed E-state index contributed by atoms with van der Waals surface area (Å²) in [6, 6.07) is 12.6. The van der Waals surface area contributed by atoms with E-state index in [1.54, 1.807) is 50.0 Å². The zero-order valence-corrected chi connectivity index (χ0v) is 28.9. The molecule has 1 aliphatic heterocycles. The summed E-state index contributed by atoms with van der Waals surface area (Å²) in [5, 5.41) is 12.9. The number of aryl methyl sites for hydroxylation is 2. The van der Waals surface area contributed by atoms with Crippen molar-refractivity contribution in [3.05, 3.63) is 86.2 Å². The minimum Gasteiger partial charge on any atom is -0.345 e. The molecular formula is C36H45N7O5. The molecule has 2 atom stereocenters. The Bertz CT molecular complexity index is 1740. The first-order chi connectivity index (χ1) is 22.8. The lowest BCUT2D eigenvalue weighted by atomic mass is 9.67. The second-order valence-electron chi connectivity index (χ2n) is 13.6. The summed E-state index contributed by atoms with van der Waals surface area (Å²) in [4.78, 5) is 61.7. The lowest BCUT2D eigenvalue weighted by Gasteiger charge is -2.38. The molecule has 0 saturated carbocycles. The first-order valence-corrected chi connectivity index (χ1v) is 16.5.